The molecule has 0 aliphatic carbocycles. The second-order valence-corrected chi connectivity index (χ2v) is 5.13. The van der Waals surface area contributed by atoms with Crippen molar-refractivity contribution in [1.82, 2.24) is 9.78 Å². The van der Waals surface area contributed by atoms with E-state index in [4.69, 9.17) is 5.73 Å². The Morgan fingerprint density at radius 3 is 2.43 bits per heavy atom. The number of primary amides is 1. The molecular weight excluding hydrogens is 286 g/mol. The van der Waals surface area contributed by atoms with E-state index in [-0.39, 0.29) is 5.69 Å². The third-order valence-electron chi connectivity index (χ3n) is 3.41. The van der Waals surface area contributed by atoms with E-state index in [1.165, 1.54) is 0 Å². The van der Waals surface area contributed by atoms with Gasteiger partial charge in [0.05, 0.1) is 5.69 Å². The van der Waals surface area contributed by atoms with Gasteiger partial charge in [-0.25, -0.2) is 4.68 Å². The first-order chi connectivity index (χ1) is 11.1. The highest BCUT2D eigenvalue weighted by atomic mass is 16.1. The number of hydrogen-bond donors (Lipinski definition) is 1. The van der Waals surface area contributed by atoms with Crippen LogP contribution in [0.1, 0.15) is 27.2 Å². The van der Waals surface area contributed by atoms with Crippen LogP contribution in [0.4, 0.5) is 0 Å². The number of aryl methyl sites for hydroxylation is 1. The molecule has 0 atom stereocenters. The third kappa shape index (κ3) is 3.30. The van der Waals surface area contributed by atoms with Crippen LogP contribution in [0.3, 0.4) is 0 Å². The van der Waals surface area contributed by atoms with Crippen molar-refractivity contribution in [2.24, 2.45) is 5.73 Å². The molecule has 0 aliphatic heterocycles. The number of carbonyl (C=O) groups is 1. The number of nitrogens with zero attached hydrogens (tertiary/aromatic N) is 2. The molecule has 0 saturated carbocycles. The Bertz CT molecular complexity index is 915. The first-order valence-corrected chi connectivity index (χ1v) is 7.17. The summed E-state index contributed by atoms with van der Waals surface area (Å²) in [4.78, 5) is 11.1. The van der Waals surface area contributed by atoms with Crippen LogP contribution < -0.4 is 5.73 Å². The van der Waals surface area contributed by atoms with Crippen molar-refractivity contribution >= 4 is 5.91 Å². The standard InChI is InChI=1S/C19H15N3O/c1-14-13-16(8-7-15-5-3-2-4-6-15)9-10-18(14)22-12-11-17(21-22)19(20)23/h2-6,9-13H,1H3,(H2,20,23). The number of benzene rings is 2. The van der Waals surface area contributed by atoms with Crippen LogP contribution in [0.25, 0.3) is 5.69 Å². The summed E-state index contributed by atoms with van der Waals surface area (Å²) < 4.78 is 1.64. The Morgan fingerprint density at radius 2 is 1.78 bits per heavy atom. The van der Waals surface area contributed by atoms with Gasteiger partial charge in [0.1, 0.15) is 5.69 Å². The van der Waals surface area contributed by atoms with Gasteiger partial charge in [-0.1, -0.05) is 30.0 Å². The summed E-state index contributed by atoms with van der Waals surface area (Å²) in [6, 6.07) is 17.3. The molecule has 112 valence electrons. The Kier molecular flexibility index (Phi) is 3.94. The van der Waals surface area contributed by atoms with Crippen LogP contribution in [-0.2, 0) is 0 Å². The van der Waals surface area contributed by atoms with Crippen molar-refractivity contribution in [1.29, 1.82) is 0 Å². The number of hydrogen-bond acceptors (Lipinski definition) is 2. The molecular formula is C19H15N3O. The van der Waals surface area contributed by atoms with Gasteiger partial charge in [-0.3, -0.25) is 4.79 Å². The van der Waals surface area contributed by atoms with Crippen LogP contribution >= 0.6 is 0 Å². The van der Waals surface area contributed by atoms with Crippen molar-refractivity contribution in [2.45, 2.75) is 6.92 Å². The first-order valence-electron chi connectivity index (χ1n) is 7.17. The van der Waals surface area contributed by atoms with E-state index < -0.39 is 5.91 Å². The Morgan fingerprint density at radius 1 is 1.04 bits per heavy atom. The van der Waals surface area contributed by atoms with Gasteiger partial charge in [-0.2, -0.15) is 5.10 Å². The van der Waals surface area contributed by atoms with Crippen LogP contribution in [0, 0.1) is 18.8 Å². The highest BCUT2D eigenvalue weighted by molar-refractivity contribution is 5.90. The van der Waals surface area contributed by atoms with Crippen molar-refractivity contribution in [2.75, 3.05) is 0 Å². The van der Waals surface area contributed by atoms with E-state index in [1.54, 1.807) is 16.9 Å². The van der Waals surface area contributed by atoms with E-state index in [2.05, 4.69) is 16.9 Å². The minimum Gasteiger partial charge on any atom is -0.364 e. The summed E-state index contributed by atoms with van der Waals surface area (Å²) in [6.07, 6.45) is 1.72. The maximum absolute atomic E-state index is 11.1. The smallest absolute Gasteiger partial charge is 0.269 e. The zero-order valence-corrected chi connectivity index (χ0v) is 12.7. The minimum absolute atomic E-state index is 0.248. The molecule has 1 heterocycles. The Balaban J connectivity index is 1.89. The highest BCUT2D eigenvalue weighted by Gasteiger charge is 2.07. The maximum atomic E-state index is 11.1. The van der Waals surface area contributed by atoms with Crippen LogP contribution in [0.15, 0.2) is 60.8 Å². The summed E-state index contributed by atoms with van der Waals surface area (Å²) in [5.74, 6) is 5.75. The van der Waals surface area contributed by atoms with Gasteiger partial charge in [0.25, 0.3) is 5.91 Å². The molecule has 0 spiro atoms. The molecule has 4 nitrogen and oxygen atoms in total. The minimum atomic E-state index is -0.535. The second-order valence-electron chi connectivity index (χ2n) is 5.13. The second kappa shape index (κ2) is 6.20. The van der Waals surface area contributed by atoms with Crippen LogP contribution in [0.5, 0.6) is 0 Å². The van der Waals surface area contributed by atoms with Gasteiger partial charge in [-0.05, 0) is 48.9 Å². The molecule has 1 amide bonds. The number of rotatable bonds is 2. The normalized spacial score (nSPS) is 9.96. The summed E-state index contributed by atoms with van der Waals surface area (Å²) >= 11 is 0. The lowest BCUT2D eigenvalue weighted by molar-refractivity contribution is 0.0995. The lowest BCUT2D eigenvalue weighted by Crippen LogP contribution is -2.12. The predicted octanol–water partition coefficient (Wildman–Crippen LogP) is 2.68. The van der Waals surface area contributed by atoms with Crippen molar-refractivity contribution in [3.63, 3.8) is 0 Å². The number of carbonyl (C=O) groups excluding carboxylic acids is 1. The lowest BCUT2D eigenvalue weighted by Gasteiger charge is -2.06. The van der Waals surface area contributed by atoms with Gasteiger partial charge >= 0.3 is 0 Å². The monoisotopic (exact) mass is 301 g/mol. The van der Waals surface area contributed by atoms with Crippen molar-refractivity contribution in [3.8, 4) is 17.5 Å². The van der Waals surface area contributed by atoms with Gasteiger partial charge in [0.2, 0.25) is 0 Å². The van der Waals surface area contributed by atoms with E-state index in [0.717, 1.165) is 22.4 Å². The molecule has 2 N–H and O–H groups in total. The molecule has 0 radical (unpaired) electrons. The molecule has 1 aromatic heterocycles. The summed E-state index contributed by atoms with van der Waals surface area (Å²) in [5, 5.41) is 4.17. The van der Waals surface area contributed by atoms with Crippen LogP contribution in [0.2, 0.25) is 0 Å². The quantitative estimate of drug-likeness (QED) is 0.740. The summed E-state index contributed by atoms with van der Waals surface area (Å²) in [7, 11) is 0. The van der Waals surface area contributed by atoms with Crippen molar-refractivity contribution in [3.05, 3.63) is 83.2 Å². The van der Waals surface area contributed by atoms with Crippen molar-refractivity contribution < 1.29 is 4.79 Å². The molecule has 0 saturated heterocycles. The predicted molar refractivity (Wildman–Crippen MR) is 89.2 cm³/mol. The molecule has 3 rings (SSSR count). The average molecular weight is 301 g/mol. The van der Waals surface area contributed by atoms with Gasteiger partial charge in [-0.15, -0.1) is 0 Å². The number of nitrogens with two attached hydrogens (primary N) is 1. The SMILES string of the molecule is Cc1cc(C#Cc2ccccc2)ccc1-n1ccc(C(N)=O)n1. The lowest BCUT2D eigenvalue weighted by atomic mass is 10.1. The maximum Gasteiger partial charge on any atom is 0.269 e. The fraction of sp³-hybridized carbons (Fsp3) is 0.0526. The summed E-state index contributed by atoms with van der Waals surface area (Å²) in [6.45, 7) is 1.98. The van der Waals surface area contributed by atoms with E-state index in [1.807, 2.05) is 55.5 Å². The fourth-order valence-electron chi connectivity index (χ4n) is 2.25. The zero-order valence-electron chi connectivity index (χ0n) is 12.7. The molecule has 0 fully saturated rings. The first kappa shape index (κ1) is 14.6. The van der Waals surface area contributed by atoms with Crippen LogP contribution in [-0.4, -0.2) is 15.7 Å². The van der Waals surface area contributed by atoms with Gasteiger partial charge in [0.15, 0.2) is 0 Å². The van der Waals surface area contributed by atoms with Gasteiger partial charge in [0, 0.05) is 17.3 Å². The fourth-order valence-corrected chi connectivity index (χ4v) is 2.25. The Hall–Kier alpha value is -3.32. The zero-order chi connectivity index (χ0) is 16.2. The van der Waals surface area contributed by atoms with Gasteiger partial charge < -0.3 is 5.73 Å². The molecule has 4 heteroatoms. The topological polar surface area (TPSA) is 60.9 Å². The third-order valence-corrected chi connectivity index (χ3v) is 3.41. The summed E-state index contributed by atoms with van der Waals surface area (Å²) in [5.41, 5.74) is 9.29. The molecule has 3 aromatic rings. The molecule has 0 bridgehead atoms. The molecule has 0 unspecified atom stereocenters. The molecule has 23 heavy (non-hydrogen) atoms. The van der Waals surface area contributed by atoms with E-state index in [0.29, 0.717) is 0 Å². The largest absolute Gasteiger partial charge is 0.364 e. The van der Waals surface area contributed by atoms with E-state index in [9.17, 15) is 4.79 Å². The Labute approximate surface area is 134 Å². The highest BCUT2D eigenvalue weighted by Crippen LogP contribution is 2.15. The molecule has 0 aliphatic rings. The molecule has 2 aromatic carbocycles. The average Bonchev–Trinajstić information content (AvgIpc) is 3.04. The number of amides is 1. The van der Waals surface area contributed by atoms with E-state index >= 15 is 0 Å². The number of aromatic nitrogens is 2.